The third-order valence-corrected chi connectivity index (χ3v) is 7.93. The van der Waals surface area contributed by atoms with Crippen molar-refractivity contribution in [3.63, 3.8) is 0 Å². The monoisotopic (exact) mass is 430 g/mol. The van der Waals surface area contributed by atoms with Crippen molar-refractivity contribution in [3.8, 4) is 10.8 Å². The molecule has 28 heavy (non-hydrogen) atoms. The molecule has 5 rings (SSSR count). The smallest absolute Gasteiger partial charge is 0.277 e. The van der Waals surface area contributed by atoms with Gasteiger partial charge in [-0.1, -0.05) is 24.8 Å². The number of aryl methyl sites for hydroxylation is 1. The first kappa shape index (κ1) is 18.1. The number of fused-ring (bicyclic) bond motifs is 3. The standard InChI is InChI=1S/C19H18N4O2S3/c1-9-5-6-11-13(8-9)28-18-14(11)16(24)20-15(21-18)10(2)27-19-23-22-17(25-19)12-4-3-7-26-12/h3-4,7,9-10H,5-6,8H2,1-2H3,(H,20,21,24). The maximum absolute atomic E-state index is 12.8. The molecule has 4 aromatic heterocycles. The number of hydrogen-bond donors (Lipinski definition) is 1. The van der Waals surface area contributed by atoms with Gasteiger partial charge in [0.1, 0.15) is 10.7 Å². The van der Waals surface area contributed by atoms with Gasteiger partial charge in [-0.2, -0.15) is 0 Å². The number of nitrogens with one attached hydrogen (secondary N) is 1. The summed E-state index contributed by atoms with van der Waals surface area (Å²) in [5.74, 6) is 1.83. The Bertz CT molecular complexity index is 1190. The number of aromatic amines is 1. The van der Waals surface area contributed by atoms with E-state index in [2.05, 4.69) is 22.1 Å². The maximum Gasteiger partial charge on any atom is 0.277 e. The first-order chi connectivity index (χ1) is 13.6. The van der Waals surface area contributed by atoms with Crippen LogP contribution in [0.3, 0.4) is 0 Å². The van der Waals surface area contributed by atoms with Crippen LogP contribution in [0, 0.1) is 5.92 Å². The van der Waals surface area contributed by atoms with Crippen molar-refractivity contribution < 1.29 is 4.42 Å². The number of nitrogens with zero attached hydrogens (tertiary/aromatic N) is 3. The molecular weight excluding hydrogens is 412 g/mol. The van der Waals surface area contributed by atoms with Crippen molar-refractivity contribution >= 4 is 44.7 Å². The highest BCUT2D eigenvalue weighted by molar-refractivity contribution is 7.99. The van der Waals surface area contributed by atoms with E-state index in [-0.39, 0.29) is 10.8 Å². The van der Waals surface area contributed by atoms with E-state index in [0.29, 0.717) is 22.9 Å². The lowest BCUT2D eigenvalue weighted by atomic mass is 9.89. The van der Waals surface area contributed by atoms with E-state index >= 15 is 0 Å². The lowest BCUT2D eigenvalue weighted by Crippen LogP contribution is -2.15. The SMILES string of the molecule is CC1CCc2c(sc3nc(C(C)Sc4nnc(-c5cccs5)o4)[nH]c(=O)c23)C1. The van der Waals surface area contributed by atoms with Crippen LogP contribution in [0.1, 0.15) is 41.8 Å². The van der Waals surface area contributed by atoms with Crippen molar-refractivity contribution in [1.29, 1.82) is 0 Å². The topological polar surface area (TPSA) is 84.7 Å². The van der Waals surface area contributed by atoms with Crippen LogP contribution in [0.5, 0.6) is 0 Å². The Morgan fingerprint density at radius 1 is 1.39 bits per heavy atom. The van der Waals surface area contributed by atoms with Gasteiger partial charge in [0.25, 0.3) is 16.7 Å². The first-order valence-electron chi connectivity index (χ1n) is 9.17. The van der Waals surface area contributed by atoms with E-state index in [1.54, 1.807) is 22.7 Å². The Hall–Kier alpha value is -1.97. The van der Waals surface area contributed by atoms with Crippen LogP contribution in [0.25, 0.3) is 21.0 Å². The molecule has 4 heterocycles. The third kappa shape index (κ3) is 3.21. The van der Waals surface area contributed by atoms with Crippen molar-refractivity contribution in [2.24, 2.45) is 5.92 Å². The number of aromatic nitrogens is 4. The van der Waals surface area contributed by atoms with Crippen LogP contribution in [-0.4, -0.2) is 20.2 Å². The minimum atomic E-state index is -0.105. The number of thioether (sulfide) groups is 1. The van der Waals surface area contributed by atoms with E-state index in [1.807, 2.05) is 24.4 Å². The minimum absolute atomic E-state index is 0.0377. The molecule has 1 aliphatic rings. The maximum atomic E-state index is 12.8. The summed E-state index contributed by atoms with van der Waals surface area (Å²) in [5.41, 5.74) is 1.17. The molecule has 0 radical (unpaired) electrons. The summed E-state index contributed by atoms with van der Waals surface area (Å²) >= 11 is 4.63. The second-order valence-electron chi connectivity index (χ2n) is 7.09. The van der Waals surface area contributed by atoms with Crippen LogP contribution in [0.4, 0.5) is 0 Å². The van der Waals surface area contributed by atoms with Gasteiger partial charge in [-0.05, 0) is 49.1 Å². The van der Waals surface area contributed by atoms with Crippen LogP contribution in [0.2, 0.25) is 0 Å². The van der Waals surface area contributed by atoms with Gasteiger partial charge in [0.15, 0.2) is 0 Å². The highest BCUT2D eigenvalue weighted by Gasteiger charge is 2.24. The fraction of sp³-hybridized carbons (Fsp3) is 0.368. The largest absolute Gasteiger partial charge is 0.410 e. The number of thiophene rings is 2. The zero-order chi connectivity index (χ0) is 19.3. The van der Waals surface area contributed by atoms with Gasteiger partial charge in [0, 0.05) is 4.88 Å². The molecule has 0 aliphatic heterocycles. The van der Waals surface area contributed by atoms with Crippen LogP contribution >= 0.6 is 34.4 Å². The van der Waals surface area contributed by atoms with E-state index in [4.69, 9.17) is 9.40 Å². The van der Waals surface area contributed by atoms with Crippen molar-refractivity contribution in [2.75, 3.05) is 0 Å². The second-order valence-corrected chi connectivity index (χ2v) is 10.4. The van der Waals surface area contributed by atoms with E-state index in [0.717, 1.165) is 34.4 Å². The zero-order valence-electron chi connectivity index (χ0n) is 15.4. The zero-order valence-corrected chi connectivity index (χ0v) is 17.8. The van der Waals surface area contributed by atoms with Crippen LogP contribution in [-0.2, 0) is 12.8 Å². The normalized spacial score (nSPS) is 17.7. The summed E-state index contributed by atoms with van der Waals surface area (Å²) in [6.07, 6.45) is 3.15. The molecule has 1 N–H and O–H groups in total. The van der Waals surface area contributed by atoms with Gasteiger partial charge < -0.3 is 9.40 Å². The number of H-pyrrole nitrogens is 1. The summed E-state index contributed by atoms with van der Waals surface area (Å²) < 4.78 is 5.75. The highest BCUT2D eigenvalue weighted by atomic mass is 32.2. The van der Waals surface area contributed by atoms with Crippen molar-refractivity contribution in [1.82, 2.24) is 20.2 Å². The summed E-state index contributed by atoms with van der Waals surface area (Å²) in [5, 5.41) is 11.3. The lowest BCUT2D eigenvalue weighted by molar-refractivity contribution is 0.465. The average molecular weight is 431 g/mol. The van der Waals surface area contributed by atoms with E-state index in [1.165, 1.54) is 22.2 Å². The molecule has 2 unspecified atom stereocenters. The third-order valence-electron chi connectivity index (χ3n) is 4.98. The van der Waals surface area contributed by atoms with Gasteiger partial charge in [-0.25, -0.2) is 4.98 Å². The summed E-state index contributed by atoms with van der Waals surface area (Å²) in [6.45, 7) is 4.25. The Balaban J connectivity index is 1.43. The Labute approximate surface area is 173 Å². The molecule has 0 amide bonds. The van der Waals surface area contributed by atoms with Crippen LogP contribution < -0.4 is 5.56 Å². The van der Waals surface area contributed by atoms with Crippen molar-refractivity contribution in [2.45, 2.75) is 43.6 Å². The second kappa shape index (κ2) is 7.13. The molecule has 2 atom stereocenters. The van der Waals surface area contributed by atoms with Crippen LogP contribution in [0.15, 0.2) is 31.9 Å². The molecule has 0 saturated carbocycles. The molecule has 0 fully saturated rings. The van der Waals surface area contributed by atoms with Crippen molar-refractivity contribution in [3.05, 3.63) is 44.1 Å². The Morgan fingerprint density at radius 2 is 2.29 bits per heavy atom. The molecule has 0 saturated heterocycles. The predicted molar refractivity (Wildman–Crippen MR) is 113 cm³/mol. The Kier molecular flexibility index (Phi) is 4.60. The molecule has 6 nitrogen and oxygen atoms in total. The van der Waals surface area contributed by atoms with E-state index in [9.17, 15) is 4.79 Å². The molecular formula is C19H18N4O2S3. The lowest BCUT2D eigenvalue weighted by Gasteiger charge is -2.17. The predicted octanol–water partition coefficient (Wildman–Crippen LogP) is 5.07. The number of hydrogen-bond acceptors (Lipinski definition) is 8. The molecule has 0 aromatic carbocycles. The molecule has 0 spiro atoms. The fourth-order valence-electron chi connectivity index (χ4n) is 3.52. The first-order valence-corrected chi connectivity index (χ1v) is 11.7. The van der Waals surface area contributed by atoms with Gasteiger partial charge in [-0.15, -0.1) is 32.9 Å². The summed E-state index contributed by atoms with van der Waals surface area (Å²) in [4.78, 5) is 23.6. The van der Waals surface area contributed by atoms with Gasteiger partial charge in [0.05, 0.1) is 15.5 Å². The highest BCUT2D eigenvalue weighted by Crippen LogP contribution is 2.38. The van der Waals surface area contributed by atoms with E-state index < -0.39 is 0 Å². The number of rotatable bonds is 4. The molecule has 144 valence electrons. The molecule has 9 heteroatoms. The fourth-order valence-corrected chi connectivity index (χ4v) is 6.30. The van der Waals surface area contributed by atoms with Gasteiger partial charge >= 0.3 is 0 Å². The summed E-state index contributed by atoms with van der Waals surface area (Å²) in [7, 11) is 0. The Morgan fingerprint density at radius 3 is 3.11 bits per heavy atom. The van der Waals surface area contributed by atoms with Gasteiger partial charge in [-0.3, -0.25) is 4.79 Å². The molecule has 1 aliphatic carbocycles. The average Bonchev–Trinajstić information content (AvgIpc) is 3.40. The minimum Gasteiger partial charge on any atom is -0.410 e. The summed E-state index contributed by atoms with van der Waals surface area (Å²) in [6, 6.07) is 3.90. The molecule has 4 aromatic rings. The quantitative estimate of drug-likeness (QED) is 0.455. The molecule has 0 bridgehead atoms. The van der Waals surface area contributed by atoms with Gasteiger partial charge in [0.2, 0.25) is 0 Å².